The maximum Gasteiger partial charge on any atom is 0.163 e. The molecule has 0 spiro atoms. The number of carbonyl (C=O) groups is 1. The minimum Gasteiger partial charge on any atom is -0.294 e. The molecule has 0 aliphatic rings. The Morgan fingerprint density at radius 3 is 2.47 bits per heavy atom. The number of Topliss-reactive ketones (excluding diaryl/α,β-unsaturated/α-hetero) is 1. The Morgan fingerprint density at radius 2 is 1.82 bits per heavy atom. The number of ketones is 1. The number of unbranched alkanes of at least 4 members (excludes halogenated alkanes) is 2. The SMILES string of the molecule is CCCCCS(=O)CCC(=O)c1ccccc1. The molecule has 3 heteroatoms. The molecule has 0 aromatic heterocycles. The molecule has 0 N–H and O–H groups in total. The molecule has 0 amide bonds. The van der Waals surface area contributed by atoms with Crippen molar-refractivity contribution in [1.82, 2.24) is 0 Å². The first-order valence-corrected chi connectivity index (χ1v) is 7.66. The summed E-state index contributed by atoms with van der Waals surface area (Å²) in [6.07, 6.45) is 3.66. The molecule has 1 aromatic carbocycles. The number of hydrogen-bond donors (Lipinski definition) is 0. The lowest BCUT2D eigenvalue weighted by atomic mass is 10.1. The van der Waals surface area contributed by atoms with Crippen LogP contribution in [0.5, 0.6) is 0 Å². The monoisotopic (exact) mass is 252 g/mol. The van der Waals surface area contributed by atoms with Gasteiger partial charge in [-0.3, -0.25) is 9.00 Å². The predicted octanol–water partition coefficient (Wildman–Crippen LogP) is 3.20. The maximum absolute atomic E-state index is 11.7. The normalized spacial score (nSPS) is 12.3. The van der Waals surface area contributed by atoms with Crippen LogP contribution in [0.2, 0.25) is 0 Å². The summed E-state index contributed by atoms with van der Waals surface area (Å²) in [7, 11) is -0.837. The second-order valence-corrected chi connectivity index (χ2v) is 5.79. The Hall–Kier alpha value is -0.960. The van der Waals surface area contributed by atoms with Crippen molar-refractivity contribution < 1.29 is 9.00 Å². The van der Waals surface area contributed by atoms with E-state index >= 15 is 0 Å². The first kappa shape index (κ1) is 14.1. The van der Waals surface area contributed by atoms with Gasteiger partial charge in [-0.1, -0.05) is 50.1 Å². The molecule has 0 aliphatic carbocycles. The van der Waals surface area contributed by atoms with Crippen molar-refractivity contribution >= 4 is 16.6 Å². The van der Waals surface area contributed by atoms with Crippen molar-refractivity contribution in [2.45, 2.75) is 32.6 Å². The zero-order chi connectivity index (χ0) is 12.5. The van der Waals surface area contributed by atoms with Gasteiger partial charge in [-0.15, -0.1) is 0 Å². The maximum atomic E-state index is 11.7. The molecule has 0 saturated heterocycles. The van der Waals surface area contributed by atoms with E-state index in [4.69, 9.17) is 0 Å². The van der Waals surface area contributed by atoms with E-state index in [0.717, 1.165) is 30.6 Å². The third-order valence-electron chi connectivity index (χ3n) is 2.63. The fourth-order valence-electron chi connectivity index (χ4n) is 1.59. The molecule has 2 nitrogen and oxygen atoms in total. The molecule has 17 heavy (non-hydrogen) atoms. The fraction of sp³-hybridized carbons (Fsp3) is 0.500. The first-order chi connectivity index (χ1) is 8.24. The first-order valence-electron chi connectivity index (χ1n) is 6.17. The molecule has 0 fully saturated rings. The molecule has 1 aromatic rings. The molecule has 0 aliphatic heterocycles. The van der Waals surface area contributed by atoms with E-state index in [2.05, 4.69) is 6.92 Å². The molecule has 1 unspecified atom stereocenters. The molecule has 1 rings (SSSR count). The Bertz CT molecular complexity index is 360. The Kier molecular flexibility index (Phi) is 6.78. The van der Waals surface area contributed by atoms with Crippen molar-refractivity contribution in [3.8, 4) is 0 Å². The van der Waals surface area contributed by atoms with Gasteiger partial charge in [0.1, 0.15) is 0 Å². The molecule has 0 bridgehead atoms. The summed E-state index contributed by atoms with van der Waals surface area (Å²) in [6.45, 7) is 2.13. The van der Waals surface area contributed by atoms with Gasteiger partial charge in [-0.05, 0) is 6.42 Å². The number of carbonyl (C=O) groups excluding carboxylic acids is 1. The minimum atomic E-state index is -0.837. The zero-order valence-electron chi connectivity index (χ0n) is 10.4. The second kappa shape index (κ2) is 8.18. The van der Waals surface area contributed by atoms with Crippen LogP contribution in [0.4, 0.5) is 0 Å². The van der Waals surface area contributed by atoms with Crippen molar-refractivity contribution in [3.63, 3.8) is 0 Å². The van der Waals surface area contributed by atoms with Crippen molar-refractivity contribution in [1.29, 1.82) is 0 Å². The van der Waals surface area contributed by atoms with Crippen molar-refractivity contribution in [2.24, 2.45) is 0 Å². The second-order valence-electron chi connectivity index (χ2n) is 4.09. The molecule has 94 valence electrons. The average molecular weight is 252 g/mol. The van der Waals surface area contributed by atoms with E-state index in [1.807, 2.05) is 30.3 Å². The van der Waals surface area contributed by atoms with Crippen LogP contribution >= 0.6 is 0 Å². The van der Waals surface area contributed by atoms with Gasteiger partial charge in [-0.2, -0.15) is 0 Å². The third kappa shape index (κ3) is 5.78. The highest BCUT2D eigenvalue weighted by molar-refractivity contribution is 7.84. The van der Waals surface area contributed by atoms with Gasteiger partial charge < -0.3 is 0 Å². The lowest BCUT2D eigenvalue weighted by Crippen LogP contribution is -2.08. The third-order valence-corrected chi connectivity index (χ3v) is 4.03. The summed E-state index contributed by atoms with van der Waals surface area (Å²) in [4.78, 5) is 11.7. The molecule has 0 radical (unpaired) electrons. The molecule has 0 heterocycles. The number of hydrogen-bond acceptors (Lipinski definition) is 2. The van der Waals surface area contributed by atoms with Gasteiger partial charge in [-0.25, -0.2) is 0 Å². The van der Waals surface area contributed by atoms with Gasteiger partial charge in [0.2, 0.25) is 0 Å². The summed E-state index contributed by atoms with van der Waals surface area (Å²) in [6, 6.07) is 9.21. The van der Waals surface area contributed by atoms with Crippen LogP contribution in [-0.4, -0.2) is 21.5 Å². The van der Waals surface area contributed by atoms with Crippen molar-refractivity contribution in [2.75, 3.05) is 11.5 Å². The number of rotatable bonds is 8. The highest BCUT2D eigenvalue weighted by Crippen LogP contribution is 2.04. The number of benzene rings is 1. The van der Waals surface area contributed by atoms with E-state index in [-0.39, 0.29) is 5.78 Å². The van der Waals surface area contributed by atoms with E-state index in [9.17, 15) is 9.00 Å². The largest absolute Gasteiger partial charge is 0.294 e. The molecular formula is C14H20O2S. The van der Waals surface area contributed by atoms with Crippen LogP contribution in [0.15, 0.2) is 30.3 Å². The lowest BCUT2D eigenvalue weighted by molar-refractivity contribution is 0.0989. The fourth-order valence-corrected chi connectivity index (χ4v) is 2.73. The standard InChI is InChI=1S/C14H20O2S/c1-2-3-7-11-17(16)12-10-14(15)13-8-5-4-6-9-13/h4-6,8-9H,2-3,7,10-12H2,1H3. The Balaban J connectivity index is 2.26. The highest BCUT2D eigenvalue weighted by atomic mass is 32.2. The zero-order valence-corrected chi connectivity index (χ0v) is 11.2. The molecular weight excluding hydrogens is 232 g/mol. The van der Waals surface area contributed by atoms with E-state index < -0.39 is 10.8 Å². The van der Waals surface area contributed by atoms with Crippen LogP contribution in [0, 0.1) is 0 Å². The van der Waals surface area contributed by atoms with E-state index in [0.29, 0.717) is 12.2 Å². The smallest absolute Gasteiger partial charge is 0.163 e. The van der Waals surface area contributed by atoms with Gasteiger partial charge in [0, 0.05) is 34.3 Å². The minimum absolute atomic E-state index is 0.0921. The summed E-state index contributed by atoms with van der Waals surface area (Å²) in [5, 5.41) is 0. The van der Waals surface area contributed by atoms with E-state index in [1.165, 1.54) is 0 Å². The van der Waals surface area contributed by atoms with Gasteiger partial charge >= 0.3 is 0 Å². The van der Waals surface area contributed by atoms with Crippen LogP contribution in [0.3, 0.4) is 0 Å². The van der Waals surface area contributed by atoms with Crippen LogP contribution in [0.1, 0.15) is 43.0 Å². The van der Waals surface area contributed by atoms with E-state index in [1.54, 1.807) is 0 Å². The van der Waals surface area contributed by atoms with Crippen LogP contribution in [0.25, 0.3) is 0 Å². The Labute approximate surface area is 106 Å². The van der Waals surface area contributed by atoms with Gasteiger partial charge in [0.15, 0.2) is 5.78 Å². The topological polar surface area (TPSA) is 34.1 Å². The molecule has 0 saturated carbocycles. The quantitative estimate of drug-likeness (QED) is 0.526. The van der Waals surface area contributed by atoms with Crippen LogP contribution < -0.4 is 0 Å². The molecule has 1 atom stereocenters. The van der Waals surface area contributed by atoms with Crippen LogP contribution in [-0.2, 0) is 10.8 Å². The summed E-state index contributed by atoms with van der Waals surface area (Å²) in [5.74, 6) is 1.32. The van der Waals surface area contributed by atoms with Crippen molar-refractivity contribution in [3.05, 3.63) is 35.9 Å². The summed E-state index contributed by atoms with van der Waals surface area (Å²) in [5.41, 5.74) is 0.720. The average Bonchev–Trinajstić information content (AvgIpc) is 2.37. The summed E-state index contributed by atoms with van der Waals surface area (Å²) < 4.78 is 11.6. The summed E-state index contributed by atoms with van der Waals surface area (Å²) >= 11 is 0. The Morgan fingerprint density at radius 1 is 1.12 bits per heavy atom. The lowest BCUT2D eigenvalue weighted by Gasteiger charge is -2.02. The van der Waals surface area contributed by atoms with Gasteiger partial charge in [0.25, 0.3) is 0 Å². The highest BCUT2D eigenvalue weighted by Gasteiger charge is 2.07. The van der Waals surface area contributed by atoms with Gasteiger partial charge in [0.05, 0.1) is 0 Å². The predicted molar refractivity (Wildman–Crippen MR) is 72.8 cm³/mol.